The zero-order valence-electron chi connectivity index (χ0n) is 9.82. The summed E-state index contributed by atoms with van der Waals surface area (Å²) in [7, 11) is 1.56. The topological polar surface area (TPSA) is 55.8 Å². The summed E-state index contributed by atoms with van der Waals surface area (Å²) in [6.07, 6.45) is 0.582. The van der Waals surface area contributed by atoms with E-state index in [0.29, 0.717) is 12.3 Å². The first-order valence-corrected chi connectivity index (χ1v) is 5.29. The lowest BCUT2D eigenvalue weighted by Crippen LogP contribution is -2.46. The third-order valence-electron chi connectivity index (χ3n) is 2.69. The van der Waals surface area contributed by atoms with Crippen LogP contribution in [0.5, 0.6) is 0 Å². The first-order valence-electron chi connectivity index (χ1n) is 5.29. The number of hydrogen-bond acceptors (Lipinski definition) is 4. The SMILES string of the molecule is COC1C[C@@H](C)C[C@@H](C(=O)C(C)(C)O)O1. The van der Waals surface area contributed by atoms with Crippen LogP contribution < -0.4 is 0 Å². The Morgan fingerprint density at radius 2 is 2.07 bits per heavy atom. The molecule has 1 aliphatic heterocycles. The van der Waals surface area contributed by atoms with Crippen LogP contribution in [0.2, 0.25) is 0 Å². The third kappa shape index (κ3) is 3.26. The number of carbonyl (C=O) groups is 1. The van der Waals surface area contributed by atoms with Crippen LogP contribution in [0.15, 0.2) is 0 Å². The highest BCUT2D eigenvalue weighted by Gasteiger charge is 2.37. The van der Waals surface area contributed by atoms with Crippen molar-refractivity contribution in [2.24, 2.45) is 5.92 Å². The van der Waals surface area contributed by atoms with Crippen LogP contribution >= 0.6 is 0 Å². The summed E-state index contributed by atoms with van der Waals surface area (Å²) >= 11 is 0. The van der Waals surface area contributed by atoms with E-state index < -0.39 is 11.7 Å². The van der Waals surface area contributed by atoms with Crippen molar-refractivity contribution >= 4 is 5.78 Å². The van der Waals surface area contributed by atoms with Crippen molar-refractivity contribution in [3.8, 4) is 0 Å². The first kappa shape index (κ1) is 12.6. The summed E-state index contributed by atoms with van der Waals surface area (Å²) in [5, 5.41) is 9.61. The monoisotopic (exact) mass is 216 g/mol. The number of ketones is 1. The molecule has 88 valence electrons. The molecule has 0 radical (unpaired) electrons. The Labute approximate surface area is 90.6 Å². The van der Waals surface area contributed by atoms with E-state index >= 15 is 0 Å². The molecule has 0 aliphatic carbocycles. The molecule has 1 rings (SSSR count). The standard InChI is InChI=1S/C11H20O4/c1-7-5-8(10(12)11(2,3)13)15-9(6-7)14-4/h7-9,13H,5-6H2,1-4H3/t7-,8-,9?/m0/s1. The number of carbonyl (C=O) groups excluding carboxylic acids is 1. The average molecular weight is 216 g/mol. The summed E-state index contributed by atoms with van der Waals surface area (Å²) in [6, 6.07) is 0. The number of ether oxygens (including phenoxy) is 2. The van der Waals surface area contributed by atoms with Gasteiger partial charge in [-0.05, 0) is 26.2 Å². The Hall–Kier alpha value is -0.450. The fourth-order valence-corrected chi connectivity index (χ4v) is 1.80. The maximum absolute atomic E-state index is 11.8. The molecule has 1 aliphatic rings. The molecule has 0 amide bonds. The molecule has 0 aromatic carbocycles. The maximum Gasteiger partial charge on any atom is 0.192 e. The second-order valence-electron chi connectivity index (χ2n) is 4.79. The van der Waals surface area contributed by atoms with Crippen LogP contribution in [-0.4, -0.2) is 36.0 Å². The minimum Gasteiger partial charge on any atom is -0.383 e. The first-order chi connectivity index (χ1) is 6.84. The van der Waals surface area contributed by atoms with Crippen molar-refractivity contribution in [2.75, 3.05) is 7.11 Å². The maximum atomic E-state index is 11.8. The Morgan fingerprint density at radius 1 is 1.47 bits per heavy atom. The number of rotatable bonds is 3. The van der Waals surface area contributed by atoms with Crippen molar-refractivity contribution in [1.82, 2.24) is 0 Å². The number of hydrogen-bond donors (Lipinski definition) is 1. The Bertz CT molecular complexity index is 231. The van der Waals surface area contributed by atoms with E-state index in [1.54, 1.807) is 7.11 Å². The van der Waals surface area contributed by atoms with Gasteiger partial charge in [-0.3, -0.25) is 4.79 Å². The molecule has 1 heterocycles. The van der Waals surface area contributed by atoms with Crippen LogP contribution in [0.4, 0.5) is 0 Å². The molecule has 15 heavy (non-hydrogen) atoms. The van der Waals surface area contributed by atoms with Gasteiger partial charge < -0.3 is 14.6 Å². The zero-order chi connectivity index (χ0) is 11.6. The minimum absolute atomic E-state index is 0.267. The molecule has 3 atom stereocenters. The molecular weight excluding hydrogens is 196 g/mol. The predicted molar refractivity (Wildman–Crippen MR) is 55.4 cm³/mol. The average Bonchev–Trinajstić information content (AvgIpc) is 2.14. The molecule has 1 unspecified atom stereocenters. The van der Waals surface area contributed by atoms with Gasteiger partial charge >= 0.3 is 0 Å². The molecular formula is C11H20O4. The van der Waals surface area contributed by atoms with Crippen molar-refractivity contribution in [3.63, 3.8) is 0 Å². The van der Waals surface area contributed by atoms with E-state index in [0.717, 1.165) is 6.42 Å². The van der Waals surface area contributed by atoms with Gasteiger partial charge in [-0.25, -0.2) is 0 Å². The molecule has 1 fully saturated rings. The molecule has 4 nitrogen and oxygen atoms in total. The van der Waals surface area contributed by atoms with E-state index in [1.165, 1.54) is 13.8 Å². The van der Waals surface area contributed by atoms with E-state index in [1.807, 2.05) is 0 Å². The third-order valence-corrected chi connectivity index (χ3v) is 2.69. The lowest BCUT2D eigenvalue weighted by atomic mass is 9.89. The quantitative estimate of drug-likeness (QED) is 0.768. The Morgan fingerprint density at radius 3 is 2.53 bits per heavy atom. The van der Waals surface area contributed by atoms with E-state index in [2.05, 4.69) is 6.92 Å². The number of methoxy groups -OCH3 is 1. The number of aliphatic hydroxyl groups is 1. The molecule has 1 saturated heterocycles. The van der Waals surface area contributed by atoms with E-state index in [-0.39, 0.29) is 12.1 Å². The van der Waals surface area contributed by atoms with Gasteiger partial charge in [-0.1, -0.05) is 6.92 Å². The fraction of sp³-hybridized carbons (Fsp3) is 0.909. The molecule has 4 heteroatoms. The Balaban J connectivity index is 2.66. The largest absolute Gasteiger partial charge is 0.383 e. The fourth-order valence-electron chi connectivity index (χ4n) is 1.80. The minimum atomic E-state index is -1.33. The van der Waals surface area contributed by atoms with Gasteiger partial charge in [0.05, 0.1) is 0 Å². The van der Waals surface area contributed by atoms with Crippen LogP contribution in [0.3, 0.4) is 0 Å². The van der Waals surface area contributed by atoms with Crippen LogP contribution in [0.25, 0.3) is 0 Å². The van der Waals surface area contributed by atoms with Gasteiger partial charge in [0.25, 0.3) is 0 Å². The van der Waals surface area contributed by atoms with Crippen LogP contribution in [0, 0.1) is 5.92 Å². The van der Waals surface area contributed by atoms with Crippen molar-refractivity contribution in [3.05, 3.63) is 0 Å². The van der Waals surface area contributed by atoms with Crippen molar-refractivity contribution < 1.29 is 19.4 Å². The van der Waals surface area contributed by atoms with E-state index in [4.69, 9.17) is 9.47 Å². The molecule has 0 spiro atoms. The molecule has 0 saturated carbocycles. The van der Waals surface area contributed by atoms with Crippen LogP contribution in [-0.2, 0) is 14.3 Å². The van der Waals surface area contributed by atoms with Crippen molar-refractivity contribution in [1.29, 1.82) is 0 Å². The molecule has 0 aromatic rings. The molecule has 0 aromatic heterocycles. The summed E-state index contributed by atoms with van der Waals surface area (Å²) in [4.78, 5) is 11.8. The second kappa shape index (κ2) is 4.60. The van der Waals surface area contributed by atoms with Crippen LogP contribution in [0.1, 0.15) is 33.6 Å². The predicted octanol–water partition coefficient (Wildman–Crippen LogP) is 1.11. The summed E-state index contributed by atoms with van der Waals surface area (Å²) in [5.74, 6) is 0.108. The van der Waals surface area contributed by atoms with Gasteiger partial charge in [0.2, 0.25) is 0 Å². The molecule has 0 bridgehead atoms. The normalized spacial score (nSPS) is 32.7. The zero-order valence-corrected chi connectivity index (χ0v) is 9.82. The van der Waals surface area contributed by atoms with Gasteiger partial charge in [-0.2, -0.15) is 0 Å². The highest BCUT2D eigenvalue weighted by atomic mass is 16.7. The van der Waals surface area contributed by atoms with Crippen molar-refractivity contribution in [2.45, 2.75) is 51.6 Å². The highest BCUT2D eigenvalue weighted by Crippen LogP contribution is 2.27. The summed E-state index contributed by atoms with van der Waals surface area (Å²) in [5.41, 5.74) is -1.33. The number of Topliss-reactive ketones (excluding diaryl/α,β-unsaturated/α-hetero) is 1. The summed E-state index contributed by atoms with van der Waals surface area (Å²) < 4.78 is 10.6. The van der Waals surface area contributed by atoms with Gasteiger partial charge in [-0.15, -0.1) is 0 Å². The molecule has 1 N–H and O–H groups in total. The Kier molecular flexibility index (Phi) is 3.87. The summed E-state index contributed by atoms with van der Waals surface area (Å²) in [6.45, 7) is 5.03. The highest BCUT2D eigenvalue weighted by molar-refractivity contribution is 5.90. The van der Waals surface area contributed by atoms with Gasteiger partial charge in [0.1, 0.15) is 11.7 Å². The van der Waals surface area contributed by atoms with Gasteiger partial charge in [0.15, 0.2) is 12.1 Å². The van der Waals surface area contributed by atoms with E-state index in [9.17, 15) is 9.90 Å². The second-order valence-corrected chi connectivity index (χ2v) is 4.79. The smallest absolute Gasteiger partial charge is 0.192 e. The van der Waals surface area contributed by atoms with Gasteiger partial charge in [0, 0.05) is 13.5 Å². The lowest BCUT2D eigenvalue weighted by Gasteiger charge is -2.34. The lowest BCUT2D eigenvalue weighted by molar-refractivity contribution is -0.201.